The van der Waals surface area contributed by atoms with Crippen molar-refractivity contribution in [3.63, 3.8) is 0 Å². The molecular weight excluding hydrogens is 463 g/mol. The molecule has 0 spiro atoms. The molecule has 2 aliphatic heterocycles. The Morgan fingerprint density at radius 1 is 1.11 bits per heavy atom. The molecule has 1 aromatic heterocycles. The van der Waals surface area contributed by atoms with Gasteiger partial charge in [0.05, 0.1) is 18.3 Å². The highest BCUT2D eigenvalue weighted by atomic mass is 16.7. The van der Waals surface area contributed by atoms with Gasteiger partial charge >= 0.3 is 6.69 Å². The van der Waals surface area contributed by atoms with Crippen LogP contribution in [0, 0.1) is 5.92 Å². The van der Waals surface area contributed by atoms with E-state index in [1.165, 1.54) is 6.92 Å². The fourth-order valence-electron chi connectivity index (χ4n) is 4.85. The lowest BCUT2D eigenvalue weighted by molar-refractivity contribution is -0.134. The van der Waals surface area contributed by atoms with Crippen LogP contribution in [-0.4, -0.2) is 77.2 Å². The Labute approximate surface area is 210 Å². The number of pyridine rings is 1. The molecule has 2 fully saturated rings. The lowest BCUT2D eigenvalue weighted by atomic mass is 9.59. The zero-order valence-electron chi connectivity index (χ0n) is 20.7. The Kier molecular flexibility index (Phi) is 7.72. The number of rotatable bonds is 9. The number of fused-ring (bicyclic) bond motifs is 1. The van der Waals surface area contributed by atoms with Crippen LogP contribution in [0.25, 0.3) is 11.3 Å². The average Bonchev–Trinajstić information content (AvgIpc) is 3.39. The van der Waals surface area contributed by atoms with E-state index in [0.717, 1.165) is 5.56 Å². The summed E-state index contributed by atoms with van der Waals surface area (Å²) in [4.78, 5) is 44.7. The van der Waals surface area contributed by atoms with Gasteiger partial charge in [-0.25, -0.2) is 4.98 Å². The number of hydrogen-bond acceptors (Lipinski definition) is 8. The second kappa shape index (κ2) is 10.8. The molecule has 36 heavy (non-hydrogen) atoms. The van der Waals surface area contributed by atoms with Crippen LogP contribution in [0.3, 0.4) is 0 Å². The van der Waals surface area contributed by atoms with E-state index in [4.69, 9.17) is 9.31 Å². The van der Waals surface area contributed by atoms with Crippen molar-refractivity contribution in [2.24, 2.45) is 5.92 Å². The number of carbonyl (C=O) groups is 3. The third kappa shape index (κ3) is 5.43. The lowest BCUT2D eigenvalue weighted by Gasteiger charge is -2.44. The number of benzene rings is 1. The molecule has 0 bridgehead atoms. The highest BCUT2D eigenvalue weighted by Gasteiger charge is 2.53. The van der Waals surface area contributed by atoms with Gasteiger partial charge in [0.15, 0.2) is 0 Å². The minimum Gasteiger partial charge on any atom is -0.651 e. The molecule has 2 saturated heterocycles. The average molecular weight is 495 g/mol. The van der Waals surface area contributed by atoms with Gasteiger partial charge in [-0.1, -0.05) is 56.7 Å². The van der Waals surface area contributed by atoms with Gasteiger partial charge in [0.25, 0.3) is 11.9 Å². The van der Waals surface area contributed by atoms with Crippen molar-refractivity contribution >= 4 is 24.5 Å². The largest absolute Gasteiger partial charge is 0.651 e. The molecule has 0 aliphatic carbocycles. The van der Waals surface area contributed by atoms with E-state index in [1.807, 2.05) is 49.0 Å². The number of nitrogens with one attached hydrogen (secondary N) is 2. The van der Waals surface area contributed by atoms with Crippen molar-refractivity contribution in [2.45, 2.75) is 45.3 Å². The van der Waals surface area contributed by atoms with E-state index in [0.29, 0.717) is 25.3 Å². The van der Waals surface area contributed by atoms with Gasteiger partial charge in [-0.05, 0) is 37.5 Å². The first kappa shape index (κ1) is 25.8. The van der Waals surface area contributed by atoms with E-state index in [9.17, 15) is 19.5 Å². The summed E-state index contributed by atoms with van der Waals surface area (Å²) in [6.45, 7) is 4.20. The van der Waals surface area contributed by atoms with Gasteiger partial charge in [-0.3, -0.25) is 14.4 Å². The van der Waals surface area contributed by atoms with E-state index in [1.54, 1.807) is 18.2 Å². The zero-order chi connectivity index (χ0) is 25.9. The number of aliphatic hydroxyl groups is 1. The van der Waals surface area contributed by atoms with Crippen LogP contribution in [0.15, 0.2) is 48.5 Å². The number of aliphatic hydroxyl groups excluding tert-OH is 1. The summed E-state index contributed by atoms with van der Waals surface area (Å²) in [6, 6.07) is 13.2. The van der Waals surface area contributed by atoms with Crippen molar-refractivity contribution in [3.05, 3.63) is 54.2 Å². The van der Waals surface area contributed by atoms with Gasteiger partial charge in [0, 0.05) is 12.2 Å². The summed E-state index contributed by atoms with van der Waals surface area (Å²) < 4.78 is 11.6. The molecule has 0 saturated carbocycles. The number of hydrogen-bond donors (Lipinski definition) is 3. The van der Waals surface area contributed by atoms with Gasteiger partial charge in [0.2, 0.25) is 5.91 Å². The zero-order valence-corrected chi connectivity index (χ0v) is 20.7. The molecule has 2 amide bonds. The summed E-state index contributed by atoms with van der Waals surface area (Å²) in [6.07, 6.45) is -0.709. The van der Waals surface area contributed by atoms with E-state index in [-0.39, 0.29) is 18.2 Å². The Bertz CT molecular complexity index is 1110. The molecule has 4 atom stereocenters. The van der Waals surface area contributed by atoms with Crippen LogP contribution in [0.2, 0.25) is 0 Å². The first-order valence-corrected chi connectivity index (χ1v) is 12.3. The van der Waals surface area contributed by atoms with E-state index in [2.05, 4.69) is 15.6 Å². The minimum atomic E-state index is -2.21. The normalized spacial score (nSPS) is 22.0. The van der Waals surface area contributed by atoms with Crippen LogP contribution >= 0.6 is 0 Å². The minimum absolute atomic E-state index is 0.102. The third-order valence-electron chi connectivity index (χ3n) is 6.54. The number of aromatic nitrogens is 1. The molecule has 10 nitrogen and oxygen atoms in total. The van der Waals surface area contributed by atoms with Gasteiger partial charge < -0.3 is 29.9 Å². The van der Waals surface area contributed by atoms with Crippen molar-refractivity contribution in [1.82, 2.24) is 20.4 Å². The SMILES string of the molecule is CC(C)C[C@H](NC(=O)[C@@H](NC(=O)c1cccc(-c2ccccc2)n1)[C@@H](C)O)[B-]12OCCN1CC(=O)O2. The summed E-state index contributed by atoms with van der Waals surface area (Å²) >= 11 is 0. The maximum absolute atomic E-state index is 13.3. The standard InChI is InChI=1S/C25H32BN4O6/c1-16(2)14-21(26-30(12-13-35-26)15-22(32)36-26)28-25(34)23(17(3)31)29-24(33)20-11-7-10-19(27-20)18-8-5-4-6-9-18/h4-11,16-17,21,23,31H,12-15H2,1-3H3,(H,28,34)(H,29,33)/q-1/t17-,21+,23+,26?/m1/s1. The second-order valence-corrected chi connectivity index (χ2v) is 9.77. The lowest BCUT2D eigenvalue weighted by Crippen LogP contribution is -2.66. The summed E-state index contributed by atoms with van der Waals surface area (Å²) in [5.41, 5.74) is 1.58. The predicted octanol–water partition coefficient (Wildman–Crippen LogP) is 1.13. The molecule has 3 heterocycles. The van der Waals surface area contributed by atoms with Crippen molar-refractivity contribution in [2.75, 3.05) is 19.7 Å². The second-order valence-electron chi connectivity index (χ2n) is 9.77. The van der Waals surface area contributed by atoms with Gasteiger partial charge in [-0.15, -0.1) is 0 Å². The highest BCUT2D eigenvalue weighted by Crippen LogP contribution is 2.31. The van der Waals surface area contributed by atoms with Crippen LogP contribution in [0.4, 0.5) is 0 Å². The van der Waals surface area contributed by atoms with Gasteiger partial charge in [-0.2, -0.15) is 0 Å². The fourth-order valence-corrected chi connectivity index (χ4v) is 4.85. The predicted molar refractivity (Wildman–Crippen MR) is 133 cm³/mol. The quantitative estimate of drug-likeness (QED) is 0.442. The first-order chi connectivity index (χ1) is 17.2. The molecule has 192 valence electrons. The fraction of sp³-hybridized carbons (Fsp3) is 0.440. The van der Waals surface area contributed by atoms with Gasteiger partial charge in [0.1, 0.15) is 11.7 Å². The van der Waals surface area contributed by atoms with Crippen molar-refractivity contribution in [1.29, 1.82) is 0 Å². The smallest absolute Gasteiger partial charge is 0.396 e. The topological polar surface area (TPSA) is 130 Å². The van der Waals surface area contributed by atoms with E-state index >= 15 is 0 Å². The highest BCUT2D eigenvalue weighted by molar-refractivity contribution is 6.70. The summed E-state index contributed by atoms with van der Waals surface area (Å²) in [7, 11) is 0. The Hall–Kier alpha value is -3.28. The van der Waals surface area contributed by atoms with Crippen LogP contribution in [0.1, 0.15) is 37.7 Å². The molecule has 1 unspecified atom stereocenters. The monoisotopic (exact) mass is 495 g/mol. The summed E-state index contributed by atoms with van der Waals surface area (Å²) in [5, 5.41) is 15.9. The van der Waals surface area contributed by atoms with Crippen LogP contribution in [-0.2, 0) is 18.9 Å². The molecule has 0 radical (unpaired) electrons. The first-order valence-electron chi connectivity index (χ1n) is 12.3. The molecule has 4 rings (SSSR count). The van der Waals surface area contributed by atoms with Crippen molar-refractivity contribution in [3.8, 4) is 11.3 Å². The molecule has 2 aromatic rings. The maximum atomic E-state index is 13.3. The summed E-state index contributed by atoms with van der Waals surface area (Å²) in [5.74, 6) is -2.07. The Morgan fingerprint density at radius 3 is 2.56 bits per heavy atom. The van der Waals surface area contributed by atoms with Crippen molar-refractivity contribution < 1.29 is 28.8 Å². The third-order valence-corrected chi connectivity index (χ3v) is 6.54. The van der Waals surface area contributed by atoms with Crippen LogP contribution in [0.5, 0.6) is 0 Å². The Morgan fingerprint density at radius 2 is 1.86 bits per heavy atom. The van der Waals surface area contributed by atoms with E-state index < -0.39 is 42.6 Å². The molecule has 3 N–H and O–H groups in total. The number of nitrogens with zero attached hydrogens (tertiary/aromatic N) is 2. The number of amides is 2. The molecule has 11 heteroatoms. The van der Waals surface area contributed by atoms with Crippen LogP contribution < -0.4 is 10.6 Å². The molecular formula is C25H32BN4O6-. The molecule has 1 aromatic carbocycles. The molecule has 2 aliphatic rings. The number of carbonyl (C=O) groups excluding carboxylic acids is 3. The Balaban J connectivity index is 1.51. The maximum Gasteiger partial charge on any atom is 0.396 e.